The molecule has 0 bridgehead atoms. The molecule has 1 aliphatic heterocycles. The summed E-state index contributed by atoms with van der Waals surface area (Å²) in [4.78, 5) is 10.8. The van der Waals surface area contributed by atoms with Crippen LogP contribution in [0.1, 0.15) is 35.1 Å². The quantitative estimate of drug-likeness (QED) is 0.719. The Bertz CT molecular complexity index is 950. The Balaban J connectivity index is 1.79. The predicted octanol–water partition coefficient (Wildman–Crippen LogP) is 4.85. The molecule has 0 aliphatic carbocycles. The third kappa shape index (κ3) is 5.01. The lowest BCUT2D eigenvalue weighted by Crippen LogP contribution is -2.16. The third-order valence-electron chi connectivity index (χ3n) is 5.33. The predicted molar refractivity (Wildman–Crippen MR) is 106 cm³/mol. The van der Waals surface area contributed by atoms with E-state index < -0.39 is 17.6 Å². The lowest BCUT2D eigenvalue weighted by Gasteiger charge is -2.22. The van der Waals surface area contributed by atoms with Crippen LogP contribution >= 0.6 is 0 Å². The second-order valence-corrected chi connectivity index (χ2v) is 7.17. The van der Waals surface area contributed by atoms with E-state index in [9.17, 15) is 13.6 Å². The molecule has 4 nitrogen and oxygen atoms in total. The van der Waals surface area contributed by atoms with Crippen molar-refractivity contribution in [1.82, 2.24) is 0 Å². The minimum Gasteiger partial charge on any atom is -0.489 e. The molecule has 3 rings (SSSR count). The number of rotatable bonds is 7. The van der Waals surface area contributed by atoms with Crippen molar-refractivity contribution < 1.29 is 28.2 Å². The van der Waals surface area contributed by atoms with Gasteiger partial charge in [-0.1, -0.05) is 12.1 Å². The lowest BCUT2D eigenvalue weighted by molar-refractivity contribution is -0.136. The molecular formula is C23H24F2O4. The summed E-state index contributed by atoms with van der Waals surface area (Å²) in [6, 6.07) is 7.66. The molecule has 1 heterocycles. The maximum absolute atomic E-state index is 13.7. The van der Waals surface area contributed by atoms with Gasteiger partial charge >= 0.3 is 5.97 Å². The van der Waals surface area contributed by atoms with Gasteiger partial charge in [-0.15, -0.1) is 0 Å². The zero-order chi connectivity index (χ0) is 21.0. The number of ether oxygens (including phenoxy) is 2. The van der Waals surface area contributed by atoms with E-state index >= 15 is 0 Å². The van der Waals surface area contributed by atoms with Crippen LogP contribution in [0.5, 0.6) is 5.75 Å². The second-order valence-electron chi connectivity index (χ2n) is 7.17. The van der Waals surface area contributed by atoms with E-state index in [1.807, 2.05) is 26.0 Å². The summed E-state index contributed by atoms with van der Waals surface area (Å²) in [5.41, 5.74) is 5.41. The van der Waals surface area contributed by atoms with Gasteiger partial charge in [0.1, 0.15) is 12.4 Å². The van der Waals surface area contributed by atoms with E-state index in [1.54, 1.807) is 6.07 Å². The van der Waals surface area contributed by atoms with Gasteiger partial charge in [-0.25, -0.2) is 8.78 Å². The molecule has 1 N–H and O–H groups in total. The molecule has 0 unspecified atom stereocenters. The number of hydrogen-bond acceptors (Lipinski definition) is 3. The number of aliphatic carboxylic acids is 1. The van der Waals surface area contributed by atoms with Crippen molar-refractivity contribution in [2.45, 2.75) is 33.1 Å². The zero-order valence-corrected chi connectivity index (χ0v) is 16.6. The van der Waals surface area contributed by atoms with Crippen LogP contribution in [0, 0.1) is 25.5 Å². The molecule has 29 heavy (non-hydrogen) atoms. The Morgan fingerprint density at radius 3 is 2.66 bits per heavy atom. The second kappa shape index (κ2) is 9.18. The molecule has 0 amide bonds. The molecular weight excluding hydrogens is 378 g/mol. The van der Waals surface area contributed by atoms with E-state index in [0.717, 1.165) is 33.9 Å². The minimum atomic E-state index is -0.870. The molecule has 0 aromatic heterocycles. The molecule has 1 aliphatic rings. The summed E-state index contributed by atoms with van der Waals surface area (Å²) < 4.78 is 38.5. The van der Waals surface area contributed by atoms with Crippen LogP contribution in [0.25, 0.3) is 5.57 Å². The molecule has 0 saturated carbocycles. The largest absolute Gasteiger partial charge is 0.489 e. The van der Waals surface area contributed by atoms with Gasteiger partial charge in [0, 0.05) is 6.42 Å². The average Bonchev–Trinajstić information content (AvgIpc) is 2.70. The Kier molecular flexibility index (Phi) is 6.64. The topological polar surface area (TPSA) is 55.8 Å². The smallest absolute Gasteiger partial charge is 0.303 e. The van der Waals surface area contributed by atoms with Gasteiger partial charge in [0.25, 0.3) is 0 Å². The van der Waals surface area contributed by atoms with Crippen LogP contribution in [0.15, 0.2) is 35.9 Å². The van der Waals surface area contributed by atoms with Crippen LogP contribution in [0.4, 0.5) is 8.78 Å². The fraction of sp³-hybridized carbons (Fsp3) is 0.348. The first-order valence-corrected chi connectivity index (χ1v) is 9.54. The fourth-order valence-electron chi connectivity index (χ4n) is 3.48. The number of hydrogen-bond donors (Lipinski definition) is 1. The minimum absolute atomic E-state index is 0.0856. The van der Waals surface area contributed by atoms with E-state index in [0.29, 0.717) is 37.4 Å². The van der Waals surface area contributed by atoms with Gasteiger partial charge in [-0.05, 0) is 78.3 Å². The molecule has 0 atom stereocenters. The van der Waals surface area contributed by atoms with Crippen LogP contribution in [0.3, 0.4) is 0 Å². The Hall–Kier alpha value is -2.73. The first-order valence-electron chi connectivity index (χ1n) is 9.54. The third-order valence-corrected chi connectivity index (χ3v) is 5.33. The number of aryl methyl sites for hydroxylation is 1. The Labute approximate surface area is 168 Å². The maximum Gasteiger partial charge on any atom is 0.303 e. The average molecular weight is 402 g/mol. The first kappa shape index (κ1) is 21.0. The summed E-state index contributed by atoms with van der Waals surface area (Å²) in [5, 5.41) is 8.88. The van der Waals surface area contributed by atoms with Crippen molar-refractivity contribution in [2.24, 2.45) is 0 Å². The van der Waals surface area contributed by atoms with Crippen molar-refractivity contribution in [1.29, 1.82) is 0 Å². The summed E-state index contributed by atoms with van der Waals surface area (Å²) in [6.45, 7) is 5.08. The van der Waals surface area contributed by atoms with Crippen LogP contribution in [0.2, 0.25) is 0 Å². The summed E-state index contributed by atoms with van der Waals surface area (Å²) in [6.07, 6.45) is 1.17. The summed E-state index contributed by atoms with van der Waals surface area (Å²) >= 11 is 0. The highest BCUT2D eigenvalue weighted by molar-refractivity contribution is 5.70. The normalized spacial score (nSPS) is 14.2. The van der Waals surface area contributed by atoms with Gasteiger partial charge in [0.2, 0.25) is 0 Å². The molecule has 0 spiro atoms. The van der Waals surface area contributed by atoms with Crippen LogP contribution in [-0.2, 0) is 16.0 Å². The number of carbonyl (C=O) groups is 1. The Morgan fingerprint density at radius 1 is 1.14 bits per heavy atom. The molecule has 2 aromatic rings. The highest BCUT2D eigenvalue weighted by Crippen LogP contribution is 2.30. The maximum atomic E-state index is 13.7. The van der Waals surface area contributed by atoms with Crippen molar-refractivity contribution in [3.8, 4) is 5.75 Å². The van der Waals surface area contributed by atoms with Gasteiger partial charge in [0.15, 0.2) is 11.6 Å². The van der Waals surface area contributed by atoms with Gasteiger partial charge < -0.3 is 14.6 Å². The Morgan fingerprint density at radius 2 is 1.93 bits per heavy atom. The fourth-order valence-corrected chi connectivity index (χ4v) is 3.48. The molecule has 6 heteroatoms. The number of carboxylic acids is 1. The van der Waals surface area contributed by atoms with Crippen molar-refractivity contribution in [2.75, 3.05) is 19.8 Å². The van der Waals surface area contributed by atoms with Crippen molar-refractivity contribution >= 4 is 11.5 Å². The van der Waals surface area contributed by atoms with E-state index in [2.05, 4.69) is 0 Å². The number of carboxylic acid groups (broad SMARTS) is 1. The van der Waals surface area contributed by atoms with Crippen molar-refractivity contribution in [3.63, 3.8) is 0 Å². The SMILES string of the molecule is Cc1c(CCC(=O)O)ccc(OCC2=C(c3ccc(F)c(F)c3)CCOC2)c1C. The molecule has 2 aromatic carbocycles. The highest BCUT2D eigenvalue weighted by atomic mass is 19.2. The monoisotopic (exact) mass is 402 g/mol. The van der Waals surface area contributed by atoms with E-state index in [-0.39, 0.29) is 13.0 Å². The first-order chi connectivity index (χ1) is 13.9. The lowest BCUT2D eigenvalue weighted by atomic mass is 9.96. The van der Waals surface area contributed by atoms with Crippen LogP contribution in [-0.4, -0.2) is 30.9 Å². The number of halogens is 2. The standard InChI is InChI=1S/C23H24F2O4/c1-14-15(2)22(7-4-16(14)5-8-23(26)27)29-13-18-12-28-10-9-19(18)17-3-6-20(24)21(25)11-17/h3-4,6-7,11H,5,8-10,12-13H2,1-2H3,(H,26,27). The van der Waals surface area contributed by atoms with Crippen LogP contribution < -0.4 is 4.74 Å². The molecule has 0 saturated heterocycles. The zero-order valence-electron chi connectivity index (χ0n) is 16.6. The van der Waals surface area contributed by atoms with Gasteiger partial charge in [-0.2, -0.15) is 0 Å². The van der Waals surface area contributed by atoms with E-state index in [1.165, 1.54) is 6.07 Å². The van der Waals surface area contributed by atoms with Gasteiger partial charge in [0.05, 0.1) is 13.2 Å². The molecule has 154 valence electrons. The van der Waals surface area contributed by atoms with E-state index in [4.69, 9.17) is 14.6 Å². The highest BCUT2D eigenvalue weighted by Gasteiger charge is 2.18. The molecule has 0 radical (unpaired) electrons. The van der Waals surface area contributed by atoms with Crippen molar-refractivity contribution in [3.05, 3.63) is 69.8 Å². The number of benzene rings is 2. The van der Waals surface area contributed by atoms with Gasteiger partial charge in [-0.3, -0.25) is 4.79 Å². The molecule has 0 fully saturated rings. The summed E-state index contributed by atoms with van der Waals surface area (Å²) in [5.74, 6) is -1.85. The summed E-state index contributed by atoms with van der Waals surface area (Å²) in [7, 11) is 0.